The first-order chi connectivity index (χ1) is 12.5. The van der Waals surface area contributed by atoms with E-state index in [1.54, 1.807) is 24.4 Å². The van der Waals surface area contributed by atoms with E-state index in [0.717, 1.165) is 17.0 Å². The zero-order valence-corrected chi connectivity index (χ0v) is 14.0. The van der Waals surface area contributed by atoms with E-state index >= 15 is 0 Å². The summed E-state index contributed by atoms with van der Waals surface area (Å²) in [5, 5.41) is 12.6. The van der Waals surface area contributed by atoms with Crippen molar-refractivity contribution in [1.82, 2.24) is 10.3 Å². The van der Waals surface area contributed by atoms with Crippen LogP contribution in [0.5, 0.6) is 5.75 Å². The Hall–Kier alpha value is -3.35. The van der Waals surface area contributed by atoms with E-state index in [-0.39, 0.29) is 6.42 Å². The Kier molecular flexibility index (Phi) is 4.88. The molecule has 0 bridgehead atoms. The summed E-state index contributed by atoms with van der Waals surface area (Å²) in [6.07, 6.45) is 1.75. The van der Waals surface area contributed by atoms with E-state index in [1.165, 1.54) is 19.2 Å². The third-order valence-electron chi connectivity index (χ3n) is 4.08. The summed E-state index contributed by atoms with van der Waals surface area (Å²) in [6, 6.07) is 9.79. The summed E-state index contributed by atoms with van der Waals surface area (Å²) in [7, 11) is 1.21. The maximum absolute atomic E-state index is 13.5. The zero-order chi connectivity index (χ0) is 18.7. The number of fused-ring (bicyclic) bond motifs is 1. The summed E-state index contributed by atoms with van der Waals surface area (Å²) in [6.45, 7) is 0. The van der Waals surface area contributed by atoms with Gasteiger partial charge in [-0.1, -0.05) is 12.1 Å². The Morgan fingerprint density at radius 3 is 2.81 bits per heavy atom. The second-order valence-electron chi connectivity index (χ2n) is 5.78. The van der Waals surface area contributed by atoms with Crippen molar-refractivity contribution in [3.63, 3.8) is 0 Å². The predicted molar refractivity (Wildman–Crippen MR) is 93.3 cm³/mol. The Labute approximate surface area is 148 Å². The second kappa shape index (κ2) is 7.26. The molecule has 6 nitrogen and oxygen atoms in total. The Balaban J connectivity index is 1.84. The van der Waals surface area contributed by atoms with E-state index in [1.807, 2.05) is 6.07 Å². The van der Waals surface area contributed by atoms with E-state index < -0.39 is 29.5 Å². The smallest absolute Gasteiger partial charge is 0.328 e. The van der Waals surface area contributed by atoms with Gasteiger partial charge in [-0.3, -0.25) is 4.79 Å². The van der Waals surface area contributed by atoms with E-state index in [0.29, 0.717) is 11.1 Å². The topological polar surface area (TPSA) is 91.4 Å². The second-order valence-corrected chi connectivity index (χ2v) is 5.78. The fourth-order valence-corrected chi connectivity index (χ4v) is 2.77. The monoisotopic (exact) mass is 356 g/mol. The zero-order valence-electron chi connectivity index (χ0n) is 14.0. The number of halogens is 1. The Morgan fingerprint density at radius 2 is 2.08 bits per heavy atom. The average Bonchev–Trinajstić information content (AvgIpc) is 3.12. The van der Waals surface area contributed by atoms with Gasteiger partial charge in [-0.25, -0.2) is 9.18 Å². The number of nitrogens with one attached hydrogen (secondary N) is 2. The van der Waals surface area contributed by atoms with Crippen LogP contribution >= 0.6 is 0 Å². The highest BCUT2D eigenvalue weighted by Gasteiger charge is 2.24. The molecular formula is C19H17FN2O4. The molecule has 0 aliphatic rings. The summed E-state index contributed by atoms with van der Waals surface area (Å²) < 4.78 is 18.3. The molecule has 1 unspecified atom stereocenters. The number of methoxy groups -OCH3 is 1. The number of benzene rings is 2. The number of ether oxygens (including phenoxy) is 1. The number of carbonyl (C=O) groups excluding carboxylic acids is 2. The fraction of sp³-hybridized carbons (Fsp3) is 0.158. The number of aromatic amines is 1. The van der Waals surface area contributed by atoms with Gasteiger partial charge in [0.05, 0.1) is 7.11 Å². The highest BCUT2D eigenvalue weighted by molar-refractivity contribution is 6.07. The molecular weight excluding hydrogens is 339 g/mol. The highest BCUT2D eigenvalue weighted by atomic mass is 19.1. The highest BCUT2D eigenvalue weighted by Crippen LogP contribution is 2.19. The molecule has 0 radical (unpaired) electrons. The molecule has 134 valence electrons. The fourth-order valence-electron chi connectivity index (χ4n) is 2.77. The van der Waals surface area contributed by atoms with Crippen molar-refractivity contribution in [3.8, 4) is 5.75 Å². The number of rotatable bonds is 5. The molecule has 1 heterocycles. The number of aromatic hydroxyl groups is 1. The van der Waals surface area contributed by atoms with Gasteiger partial charge in [0, 0.05) is 29.1 Å². The first kappa shape index (κ1) is 17.5. The van der Waals surface area contributed by atoms with Gasteiger partial charge in [-0.05, 0) is 35.9 Å². The minimum Gasteiger partial charge on any atom is -0.505 e. The minimum atomic E-state index is -0.995. The molecule has 3 N–H and O–H groups in total. The molecule has 3 rings (SSSR count). The normalized spacial score (nSPS) is 11.9. The molecule has 1 aromatic heterocycles. The lowest BCUT2D eigenvalue weighted by molar-refractivity contribution is -0.142. The number of amides is 1. The number of esters is 1. The number of carbonyl (C=O) groups is 2. The Morgan fingerprint density at radius 1 is 1.27 bits per heavy atom. The van der Waals surface area contributed by atoms with Crippen LogP contribution in [-0.2, 0) is 16.0 Å². The maximum atomic E-state index is 13.5. The van der Waals surface area contributed by atoms with E-state index in [2.05, 4.69) is 10.3 Å². The van der Waals surface area contributed by atoms with Crippen LogP contribution in [0.4, 0.5) is 4.39 Å². The standard InChI is InChI=1S/C19H17FN2O4/c1-26-19(25)16(10-11-5-6-17(23)14(20)9-11)22-18(24)13-3-2-4-15-12(13)7-8-21-15/h2-9,16,21,23H,10H2,1H3,(H,22,24). The first-order valence-corrected chi connectivity index (χ1v) is 7.92. The quantitative estimate of drug-likeness (QED) is 0.613. The van der Waals surface area contributed by atoms with Crippen molar-refractivity contribution in [3.05, 3.63) is 65.6 Å². The molecule has 0 saturated heterocycles. The van der Waals surface area contributed by atoms with Crippen LogP contribution in [0.1, 0.15) is 15.9 Å². The SMILES string of the molecule is COC(=O)C(Cc1ccc(O)c(F)c1)NC(=O)c1cccc2[nH]ccc12. The van der Waals surface area contributed by atoms with E-state index in [9.17, 15) is 19.1 Å². The van der Waals surface area contributed by atoms with Crippen molar-refractivity contribution in [2.75, 3.05) is 7.11 Å². The molecule has 0 aliphatic carbocycles. The van der Waals surface area contributed by atoms with Crippen LogP contribution in [-0.4, -0.2) is 35.1 Å². The van der Waals surface area contributed by atoms with Crippen LogP contribution in [0.2, 0.25) is 0 Å². The van der Waals surface area contributed by atoms with Gasteiger partial charge in [0.1, 0.15) is 6.04 Å². The molecule has 1 atom stereocenters. The van der Waals surface area contributed by atoms with Gasteiger partial charge >= 0.3 is 5.97 Å². The molecule has 3 aromatic rings. The lowest BCUT2D eigenvalue weighted by Crippen LogP contribution is -2.43. The summed E-state index contributed by atoms with van der Waals surface area (Å²) in [5.74, 6) is -2.36. The van der Waals surface area contributed by atoms with Crippen molar-refractivity contribution in [1.29, 1.82) is 0 Å². The van der Waals surface area contributed by atoms with Crippen molar-refractivity contribution in [2.45, 2.75) is 12.5 Å². The van der Waals surface area contributed by atoms with Crippen molar-refractivity contribution in [2.24, 2.45) is 0 Å². The molecule has 0 saturated carbocycles. The van der Waals surface area contributed by atoms with Gasteiger partial charge in [0.25, 0.3) is 5.91 Å². The van der Waals surface area contributed by atoms with Crippen LogP contribution in [0.25, 0.3) is 10.9 Å². The van der Waals surface area contributed by atoms with E-state index in [4.69, 9.17) is 4.74 Å². The summed E-state index contributed by atoms with van der Waals surface area (Å²) in [5.41, 5.74) is 1.65. The summed E-state index contributed by atoms with van der Waals surface area (Å²) in [4.78, 5) is 27.7. The lowest BCUT2D eigenvalue weighted by atomic mass is 10.0. The minimum absolute atomic E-state index is 0.0265. The third kappa shape index (κ3) is 3.51. The summed E-state index contributed by atoms with van der Waals surface area (Å²) >= 11 is 0. The Bertz CT molecular complexity index is 967. The predicted octanol–water partition coefficient (Wildman–Crippen LogP) is 2.53. The number of H-pyrrole nitrogens is 1. The maximum Gasteiger partial charge on any atom is 0.328 e. The van der Waals surface area contributed by atoms with Crippen molar-refractivity contribution < 1.29 is 23.8 Å². The molecule has 26 heavy (non-hydrogen) atoms. The van der Waals surface area contributed by atoms with Crippen LogP contribution in [0, 0.1) is 5.82 Å². The van der Waals surface area contributed by atoms with Crippen molar-refractivity contribution >= 4 is 22.8 Å². The number of aromatic nitrogens is 1. The van der Waals surface area contributed by atoms with Crippen LogP contribution in [0.3, 0.4) is 0 Å². The molecule has 0 aliphatic heterocycles. The number of phenolic OH excluding ortho intramolecular Hbond substituents is 1. The average molecular weight is 356 g/mol. The number of phenols is 1. The lowest BCUT2D eigenvalue weighted by Gasteiger charge is -2.17. The van der Waals surface area contributed by atoms with Gasteiger partial charge in [0.15, 0.2) is 11.6 Å². The van der Waals surface area contributed by atoms with Crippen LogP contribution < -0.4 is 5.32 Å². The molecule has 1 amide bonds. The molecule has 7 heteroatoms. The number of hydrogen-bond acceptors (Lipinski definition) is 4. The van der Waals surface area contributed by atoms with Gasteiger partial charge in [-0.15, -0.1) is 0 Å². The largest absolute Gasteiger partial charge is 0.505 e. The number of hydrogen-bond donors (Lipinski definition) is 3. The van der Waals surface area contributed by atoms with Gasteiger partial charge in [0.2, 0.25) is 0 Å². The molecule has 0 spiro atoms. The molecule has 2 aromatic carbocycles. The van der Waals surface area contributed by atoms with Gasteiger partial charge in [-0.2, -0.15) is 0 Å². The van der Waals surface area contributed by atoms with Crippen LogP contribution in [0.15, 0.2) is 48.7 Å². The first-order valence-electron chi connectivity index (χ1n) is 7.92. The van der Waals surface area contributed by atoms with Gasteiger partial charge < -0.3 is 20.1 Å². The third-order valence-corrected chi connectivity index (χ3v) is 4.08. The molecule has 0 fully saturated rings.